The number of carbonyl (C=O) groups excluding carboxylic acids is 1. The van der Waals surface area contributed by atoms with Crippen molar-refractivity contribution >= 4 is 18.3 Å². The molecule has 0 saturated carbocycles. The first-order valence-electron chi connectivity index (χ1n) is 8.18. The summed E-state index contributed by atoms with van der Waals surface area (Å²) in [6, 6.07) is 0. The molecule has 6 heteroatoms. The lowest BCUT2D eigenvalue weighted by atomic mass is 9.78. The van der Waals surface area contributed by atoms with Crippen molar-refractivity contribution in [2.24, 2.45) is 17.3 Å². The fourth-order valence-corrected chi connectivity index (χ4v) is 3.64. The van der Waals surface area contributed by atoms with Crippen molar-refractivity contribution in [3.63, 3.8) is 0 Å². The molecule has 0 spiro atoms. The number of piperidine rings is 1. The van der Waals surface area contributed by atoms with Crippen molar-refractivity contribution in [1.82, 2.24) is 10.6 Å². The Bertz CT molecular complexity index is 341. The van der Waals surface area contributed by atoms with Gasteiger partial charge in [-0.15, -0.1) is 12.4 Å². The van der Waals surface area contributed by atoms with Gasteiger partial charge in [0.05, 0.1) is 18.1 Å². The molecule has 2 atom stereocenters. The van der Waals surface area contributed by atoms with Crippen LogP contribution in [-0.4, -0.2) is 52.0 Å². The van der Waals surface area contributed by atoms with Gasteiger partial charge in [-0.3, -0.25) is 4.79 Å². The van der Waals surface area contributed by atoms with E-state index in [0.717, 1.165) is 45.5 Å². The van der Waals surface area contributed by atoms with E-state index in [0.29, 0.717) is 18.4 Å². The molecule has 2 N–H and O–H groups in total. The van der Waals surface area contributed by atoms with E-state index in [4.69, 9.17) is 9.47 Å². The molecule has 2 aliphatic rings. The molecule has 2 heterocycles. The summed E-state index contributed by atoms with van der Waals surface area (Å²) in [4.78, 5) is 12.7. The molecule has 0 aromatic rings. The molecule has 0 aliphatic carbocycles. The van der Waals surface area contributed by atoms with Crippen molar-refractivity contribution < 1.29 is 14.3 Å². The lowest BCUT2D eigenvalue weighted by Crippen LogP contribution is -2.51. The lowest BCUT2D eigenvalue weighted by molar-refractivity contribution is -0.136. The normalized spacial score (nSPS) is 27.5. The molecule has 2 unspecified atom stereocenters. The Hall–Kier alpha value is -0.360. The van der Waals surface area contributed by atoms with Gasteiger partial charge in [-0.25, -0.2) is 0 Å². The molecule has 0 aromatic heterocycles. The van der Waals surface area contributed by atoms with Gasteiger partial charge in [-0.05, 0) is 38.3 Å². The first-order chi connectivity index (χ1) is 10.1. The summed E-state index contributed by atoms with van der Waals surface area (Å²) in [5.74, 6) is 1.09. The Balaban J connectivity index is 0.00000242. The van der Waals surface area contributed by atoms with Gasteiger partial charge in [0, 0.05) is 26.2 Å². The summed E-state index contributed by atoms with van der Waals surface area (Å²) in [6.45, 7) is 8.19. The van der Waals surface area contributed by atoms with E-state index in [-0.39, 0.29) is 29.8 Å². The lowest BCUT2D eigenvalue weighted by Gasteiger charge is -2.36. The fourth-order valence-electron chi connectivity index (χ4n) is 3.64. The van der Waals surface area contributed by atoms with Crippen LogP contribution < -0.4 is 10.6 Å². The smallest absolute Gasteiger partial charge is 0.228 e. The largest absolute Gasteiger partial charge is 0.384 e. The minimum Gasteiger partial charge on any atom is -0.384 e. The fraction of sp³-hybridized carbons (Fsp3) is 0.938. The second-order valence-electron chi connectivity index (χ2n) is 6.80. The Morgan fingerprint density at radius 2 is 2.09 bits per heavy atom. The van der Waals surface area contributed by atoms with E-state index in [1.807, 2.05) is 0 Å². The minimum atomic E-state index is -0.354. The van der Waals surface area contributed by atoms with Gasteiger partial charge in [0.25, 0.3) is 0 Å². The minimum absolute atomic E-state index is 0. The second-order valence-corrected chi connectivity index (χ2v) is 6.80. The van der Waals surface area contributed by atoms with Crippen molar-refractivity contribution in [2.45, 2.75) is 39.2 Å². The second kappa shape index (κ2) is 9.06. The highest BCUT2D eigenvalue weighted by atomic mass is 35.5. The molecule has 0 bridgehead atoms. The molecule has 0 aromatic carbocycles. The van der Waals surface area contributed by atoms with Crippen LogP contribution in [0.25, 0.3) is 0 Å². The van der Waals surface area contributed by atoms with Gasteiger partial charge in [0.2, 0.25) is 5.91 Å². The summed E-state index contributed by atoms with van der Waals surface area (Å²) < 4.78 is 11.1. The molecule has 2 aliphatic heterocycles. The van der Waals surface area contributed by atoms with Crippen LogP contribution in [0, 0.1) is 17.3 Å². The number of rotatable bonds is 6. The molecule has 2 saturated heterocycles. The van der Waals surface area contributed by atoms with Crippen LogP contribution in [0.1, 0.15) is 33.1 Å². The first kappa shape index (κ1) is 19.7. The van der Waals surface area contributed by atoms with E-state index in [1.165, 1.54) is 0 Å². The molecule has 22 heavy (non-hydrogen) atoms. The van der Waals surface area contributed by atoms with Crippen LogP contribution in [0.5, 0.6) is 0 Å². The molecule has 2 fully saturated rings. The zero-order valence-corrected chi connectivity index (χ0v) is 14.8. The van der Waals surface area contributed by atoms with Gasteiger partial charge < -0.3 is 20.1 Å². The number of methoxy groups -OCH3 is 1. The Morgan fingerprint density at radius 3 is 2.68 bits per heavy atom. The van der Waals surface area contributed by atoms with Crippen molar-refractivity contribution in [2.75, 3.05) is 40.0 Å². The van der Waals surface area contributed by atoms with Gasteiger partial charge in [0.15, 0.2) is 0 Å². The SMILES string of the molecule is COCC1(C(=O)NCC2CCOC2C(C)C)CCNCC1.Cl. The maximum absolute atomic E-state index is 12.7. The van der Waals surface area contributed by atoms with Crippen molar-refractivity contribution in [3.8, 4) is 0 Å². The number of carbonyl (C=O) groups is 1. The number of nitrogens with one attached hydrogen (secondary N) is 2. The summed E-state index contributed by atoms with van der Waals surface area (Å²) >= 11 is 0. The standard InChI is InChI=1S/C16H30N2O3.ClH/c1-12(2)14-13(4-9-21-14)10-18-15(19)16(11-20-3)5-7-17-8-6-16;/h12-14,17H,4-11H2,1-3H3,(H,18,19);1H. The zero-order valence-electron chi connectivity index (χ0n) is 14.0. The van der Waals surface area contributed by atoms with Crippen LogP contribution in [0.15, 0.2) is 0 Å². The average molecular weight is 335 g/mol. The van der Waals surface area contributed by atoms with Crippen LogP contribution in [0.2, 0.25) is 0 Å². The third-order valence-corrected chi connectivity index (χ3v) is 4.91. The third-order valence-electron chi connectivity index (χ3n) is 4.91. The summed E-state index contributed by atoms with van der Waals surface area (Å²) in [7, 11) is 1.68. The molecule has 5 nitrogen and oxygen atoms in total. The third kappa shape index (κ3) is 4.57. The van der Waals surface area contributed by atoms with Crippen molar-refractivity contribution in [3.05, 3.63) is 0 Å². The molecular weight excluding hydrogens is 304 g/mol. The topological polar surface area (TPSA) is 59.6 Å². The molecule has 0 radical (unpaired) electrons. The number of amides is 1. The maximum atomic E-state index is 12.7. The molecular formula is C16H31ClN2O3. The molecule has 1 amide bonds. The van der Waals surface area contributed by atoms with E-state index < -0.39 is 0 Å². The summed E-state index contributed by atoms with van der Waals surface area (Å²) in [6.07, 6.45) is 3.02. The van der Waals surface area contributed by atoms with Crippen LogP contribution in [0.4, 0.5) is 0 Å². The number of hydrogen-bond donors (Lipinski definition) is 2. The number of hydrogen-bond acceptors (Lipinski definition) is 4. The molecule has 130 valence electrons. The predicted molar refractivity (Wildman–Crippen MR) is 89.4 cm³/mol. The van der Waals surface area contributed by atoms with Gasteiger partial charge >= 0.3 is 0 Å². The summed E-state index contributed by atoms with van der Waals surface area (Å²) in [5.41, 5.74) is -0.354. The quantitative estimate of drug-likeness (QED) is 0.774. The highest BCUT2D eigenvalue weighted by molar-refractivity contribution is 5.85. The van der Waals surface area contributed by atoms with E-state index in [2.05, 4.69) is 24.5 Å². The Kier molecular flexibility index (Phi) is 8.11. The van der Waals surface area contributed by atoms with Gasteiger partial charge in [0.1, 0.15) is 0 Å². The van der Waals surface area contributed by atoms with Crippen molar-refractivity contribution in [1.29, 1.82) is 0 Å². The highest BCUT2D eigenvalue weighted by Gasteiger charge is 2.40. The van der Waals surface area contributed by atoms with E-state index >= 15 is 0 Å². The number of halogens is 1. The van der Waals surface area contributed by atoms with E-state index in [1.54, 1.807) is 7.11 Å². The van der Waals surface area contributed by atoms with Gasteiger partial charge in [-0.1, -0.05) is 13.8 Å². The van der Waals surface area contributed by atoms with E-state index in [9.17, 15) is 4.79 Å². The zero-order chi connectivity index (χ0) is 15.3. The molecule has 2 rings (SSSR count). The van der Waals surface area contributed by atoms with Crippen LogP contribution >= 0.6 is 12.4 Å². The van der Waals surface area contributed by atoms with Crippen LogP contribution in [0.3, 0.4) is 0 Å². The Morgan fingerprint density at radius 1 is 1.41 bits per heavy atom. The predicted octanol–water partition coefficient (Wildman–Crippen LogP) is 1.60. The van der Waals surface area contributed by atoms with Gasteiger partial charge in [-0.2, -0.15) is 0 Å². The maximum Gasteiger partial charge on any atom is 0.228 e. The first-order valence-corrected chi connectivity index (χ1v) is 8.18. The highest BCUT2D eigenvalue weighted by Crippen LogP contribution is 2.30. The number of ether oxygens (including phenoxy) is 2. The van der Waals surface area contributed by atoms with Crippen LogP contribution in [-0.2, 0) is 14.3 Å². The Labute approximate surface area is 140 Å². The average Bonchev–Trinajstić information content (AvgIpc) is 2.94. The summed E-state index contributed by atoms with van der Waals surface area (Å²) in [5, 5.41) is 6.49. The monoisotopic (exact) mass is 334 g/mol.